The lowest BCUT2D eigenvalue weighted by Gasteiger charge is -2.30. The summed E-state index contributed by atoms with van der Waals surface area (Å²) in [6.45, 7) is 4.30. The summed E-state index contributed by atoms with van der Waals surface area (Å²) in [6, 6.07) is 15.9. The summed E-state index contributed by atoms with van der Waals surface area (Å²) in [5.74, 6) is 0.00805. The largest absolute Gasteiger partial charge is 0.371 e. The number of fused-ring (bicyclic) bond motifs is 1. The maximum Gasteiger partial charge on any atom is 0.186 e. The van der Waals surface area contributed by atoms with Gasteiger partial charge < -0.3 is 4.90 Å². The average Bonchev–Trinajstić information content (AvgIpc) is 2.73. The molecule has 1 fully saturated rings. The molecule has 2 aromatic carbocycles. The van der Waals surface area contributed by atoms with Gasteiger partial charge in [-0.25, -0.2) is 0 Å². The number of benzene rings is 2. The number of carbonyl (C=O) groups is 1. The first kappa shape index (κ1) is 20.1. The van der Waals surface area contributed by atoms with Crippen LogP contribution in [0.15, 0.2) is 60.8 Å². The van der Waals surface area contributed by atoms with Crippen LogP contribution >= 0.6 is 12.4 Å². The molecule has 0 radical (unpaired) electrons. The van der Waals surface area contributed by atoms with Crippen molar-refractivity contribution >= 4 is 40.7 Å². The number of halogens is 1. The Morgan fingerprint density at radius 3 is 2.61 bits per heavy atom. The normalized spacial score (nSPS) is 14.2. The van der Waals surface area contributed by atoms with Gasteiger partial charge in [-0.15, -0.1) is 12.4 Å². The molecule has 1 aromatic heterocycles. The van der Waals surface area contributed by atoms with Crippen molar-refractivity contribution in [3.63, 3.8) is 0 Å². The van der Waals surface area contributed by atoms with E-state index in [2.05, 4.69) is 22.9 Å². The van der Waals surface area contributed by atoms with Gasteiger partial charge in [0.2, 0.25) is 0 Å². The van der Waals surface area contributed by atoms with Crippen LogP contribution in [0, 0.1) is 6.92 Å². The lowest BCUT2D eigenvalue weighted by Crippen LogP contribution is -2.30. The molecule has 1 aliphatic rings. The Hall–Kier alpha value is -2.65. The van der Waals surface area contributed by atoms with E-state index in [-0.39, 0.29) is 18.2 Å². The van der Waals surface area contributed by atoms with Crippen LogP contribution in [0.5, 0.6) is 0 Å². The molecular weight excluding hydrogens is 368 g/mol. The summed E-state index contributed by atoms with van der Waals surface area (Å²) in [5.41, 5.74) is 3.99. The van der Waals surface area contributed by atoms with Crippen LogP contribution < -0.4 is 4.90 Å². The molecule has 0 bridgehead atoms. The molecule has 0 aliphatic carbocycles. The second kappa shape index (κ2) is 9.03. The molecule has 144 valence electrons. The summed E-state index contributed by atoms with van der Waals surface area (Å²) < 4.78 is 0. The Bertz CT molecular complexity index is 1000. The lowest BCUT2D eigenvalue weighted by molar-refractivity contribution is 0.104. The van der Waals surface area contributed by atoms with Gasteiger partial charge in [-0.1, -0.05) is 42.5 Å². The Morgan fingerprint density at radius 2 is 1.79 bits per heavy atom. The van der Waals surface area contributed by atoms with Crippen molar-refractivity contribution in [1.82, 2.24) is 4.98 Å². The Balaban J connectivity index is 0.00000225. The number of hydrogen-bond donors (Lipinski definition) is 0. The van der Waals surface area contributed by atoms with Gasteiger partial charge in [0.15, 0.2) is 5.78 Å². The average molecular weight is 393 g/mol. The van der Waals surface area contributed by atoms with Gasteiger partial charge in [0.05, 0.1) is 5.69 Å². The molecular formula is C24H25ClN2O. The molecule has 28 heavy (non-hydrogen) atoms. The van der Waals surface area contributed by atoms with Gasteiger partial charge in [-0.2, -0.15) is 0 Å². The third-order valence-electron chi connectivity index (χ3n) is 5.25. The second-order valence-electron chi connectivity index (χ2n) is 7.17. The topological polar surface area (TPSA) is 33.2 Å². The summed E-state index contributed by atoms with van der Waals surface area (Å²) >= 11 is 0. The van der Waals surface area contributed by atoms with Crippen molar-refractivity contribution in [3.05, 3.63) is 77.6 Å². The first-order valence-electron chi connectivity index (χ1n) is 9.64. The van der Waals surface area contributed by atoms with Gasteiger partial charge in [0.1, 0.15) is 0 Å². The molecule has 3 aromatic rings. The van der Waals surface area contributed by atoms with Crippen LogP contribution in [0.2, 0.25) is 0 Å². The van der Waals surface area contributed by atoms with E-state index in [0.29, 0.717) is 0 Å². The van der Waals surface area contributed by atoms with Crippen LogP contribution in [0.1, 0.15) is 40.9 Å². The standard InChI is InChI=1S/C24H24N2O.ClH/c1-18-17-25-20(16-23(18)26-14-5-2-6-15-26)12-13-24(27)22-11-7-9-19-8-3-4-10-21(19)22;/h3-4,7-13,16-17H,2,5-6,14-15H2,1H3;1H. The van der Waals surface area contributed by atoms with Crippen LogP contribution in [0.4, 0.5) is 5.69 Å². The number of piperidine rings is 1. The molecule has 0 unspecified atom stereocenters. The number of carbonyl (C=O) groups excluding carboxylic acids is 1. The minimum atomic E-state index is 0. The number of pyridine rings is 1. The molecule has 4 heteroatoms. The number of anilines is 1. The maximum absolute atomic E-state index is 12.8. The highest BCUT2D eigenvalue weighted by molar-refractivity contribution is 6.14. The van der Waals surface area contributed by atoms with E-state index in [4.69, 9.17) is 0 Å². The Morgan fingerprint density at radius 1 is 1.04 bits per heavy atom. The molecule has 1 saturated heterocycles. The lowest BCUT2D eigenvalue weighted by atomic mass is 10.0. The summed E-state index contributed by atoms with van der Waals surface area (Å²) in [5, 5.41) is 2.07. The first-order valence-corrected chi connectivity index (χ1v) is 9.64. The number of ketones is 1. The Labute approximate surface area is 172 Å². The number of aromatic nitrogens is 1. The van der Waals surface area contributed by atoms with Gasteiger partial charge >= 0.3 is 0 Å². The highest BCUT2D eigenvalue weighted by Gasteiger charge is 2.13. The minimum Gasteiger partial charge on any atom is -0.371 e. The number of hydrogen-bond acceptors (Lipinski definition) is 3. The molecule has 0 amide bonds. The van der Waals surface area contributed by atoms with E-state index >= 15 is 0 Å². The fourth-order valence-corrected chi connectivity index (χ4v) is 3.79. The van der Waals surface area contributed by atoms with Gasteiger partial charge in [0.25, 0.3) is 0 Å². The third kappa shape index (κ3) is 4.26. The van der Waals surface area contributed by atoms with Crippen LogP contribution in [0.3, 0.4) is 0 Å². The highest BCUT2D eigenvalue weighted by atomic mass is 35.5. The number of nitrogens with zero attached hydrogens (tertiary/aromatic N) is 2. The molecule has 0 atom stereocenters. The molecule has 3 nitrogen and oxygen atoms in total. The monoisotopic (exact) mass is 392 g/mol. The van der Waals surface area contributed by atoms with E-state index in [1.165, 1.54) is 30.5 Å². The predicted octanol–water partition coefficient (Wildman–Crippen LogP) is 5.85. The van der Waals surface area contributed by atoms with Crippen LogP contribution in [0.25, 0.3) is 16.8 Å². The van der Waals surface area contributed by atoms with Crippen molar-refractivity contribution in [2.75, 3.05) is 18.0 Å². The quantitative estimate of drug-likeness (QED) is 0.412. The van der Waals surface area contributed by atoms with E-state index in [1.807, 2.05) is 54.7 Å². The van der Waals surface area contributed by atoms with E-state index < -0.39 is 0 Å². The number of rotatable bonds is 4. The first-order chi connectivity index (χ1) is 13.2. The fraction of sp³-hybridized carbons (Fsp3) is 0.250. The van der Waals surface area contributed by atoms with Gasteiger partial charge in [-0.3, -0.25) is 9.78 Å². The maximum atomic E-state index is 12.8. The molecule has 0 saturated carbocycles. The van der Waals surface area contributed by atoms with E-state index in [0.717, 1.165) is 35.1 Å². The minimum absolute atomic E-state index is 0. The number of aryl methyl sites for hydroxylation is 1. The summed E-state index contributed by atoms with van der Waals surface area (Å²) in [7, 11) is 0. The Kier molecular flexibility index (Phi) is 6.48. The van der Waals surface area contributed by atoms with E-state index in [1.54, 1.807) is 6.08 Å². The molecule has 2 heterocycles. The van der Waals surface area contributed by atoms with Crippen molar-refractivity contribution in [2.45, 2.75) is 26.2 Å². The molecule has 0 spiro atoms. The SMILES string of the molecule is Cc1cnc(C=CC(=O)c2cccc3ccccc23)cc1N1CCCCC1.Cl. The fourth-order valence-electron chi connectivity index (χ4n) is 3.79. The summed E-state index contributed by atoms with van der Waals surface area (Å²) in [6.07, 6.45) is 9.17. The van der Waals surface area contributed by atoms with Crippen LogP contribution in [-0.2, 0) is 0 Å². The zero-order chi connectivity index (χ0) is 18.6. The zero-order valence-electron chi connectivity index (χ0n) is 16.1. The zero-order valence-corrected chi connectivity index (χ0v) is 16.9. The van der Waals surface area contributed by atoms with Crippen molar-refractivity contribution in [2.24, 2.45) is 0 Å². The van der Waals surface area contributed by atoms with Crippen LogP contribution in [-0.4, -0.2) is 23.9 Å². The molecule has 1 aliphatic heterocycles. The second-order valence-corrected chi connectivity index (χ2v) is 7.17. The highest BCUT2D eigenvalue weighted by Crippen LogP contribution is 2.25. The third-order valence-corrected chi connectivity index (χ3v) is 5.25. The van der Waals surface area contributed by atoms with Gasteiger partial charge in [0, 0.05) is 30.5 Å². The molecule has 0 N–H and O–H groups in total. The smallest absolute Gasteiger partial charge is 0.186 e. The molecule has 4 rings (SSSR count). The van der Waals surface area contributed by atoms with E-state index in [9.17, 15) is 4.79 Å². The van der Waals surface area contributed by atoms with Crippen molar-refractivity contribution in [3.8, 4) is 0 Å². The van der Waals surface area contributed by atoms with Gasteiger partial charge in [-0.05, 0) is 60.7 Å². The predicted molar refractivity (Wildman–Crippen MR) is 120 cm³/mol. The number of allylic oxidation sites excluding steroid dienone is 1. The van der Waals surface area contributed by atoms with Crippen molar-refractivity contribution < 1.29 is 4.79 Å². The summed E-state index contributed by atoms with van der Waals surface area (Å²) in [4.78, 5) is 19.7. The van der Waals surface area contributed by atoms with Crippen molar-refractivity contribution in [1.29, 1.82) is 0 Å².